The van der Waals surface area contributed by atoms with E-state index in [1.807, 2.05) is 55.7 Å². The van der Waals surface area contributed by atoms with Crippen molar-refractivity contribution in [1.82, 2.24) is 25.4 Å². The average Bonchev–Trinajstić information content (AvgIpc) is 3.70. The summed E-state index contributed by atoms with van der Waals surface area (Å²) in [5.74, 6) is -3.86. The Kier molecular flexibility index (Phi) is 27.2. The molecule has 383 valence electrons. The van der Waals surface area contributed by atoms with Gasteiger partial charge in [0.25, 0.3) is 0 Å². The van der Waals surface area contributed by atoms with Crippen LogP contribution in [-0.2, 0) is 49.4 Å². The van der Waals surface area contributed by atoms with E-state index >= 15 is 4.39 Å². The lowest BCUT2D eigenvalue weighted by Gasteiger charge is -2.41. The number of carboxylic acid groups (broad SMARTS) is 1. The molecule has 17 nitrogen and oxygen atoms in total. The van der Waals surface area contributed by atoms with Crippen molar-refractivity contribution in [1.29, 1.82) is 0 Å². The summed E-state index contributed by atoms with van der Waals surface area (Å²) >= 11 is 1.05. The van der Waals surface area contributed by atoms with Crippen molar-refractivity contribution < 1.29 is 61.5 Å². The quantitative estimate of drug-likeness (QED) is 0.0389. The number of alkyl carbamates (subject to hydrolysis) is 1. The van der Waals surface area contributed by atoms with Crippen molar-refractivity contribution in [3.63, 3.8) is 0 Å². The predicted octanol–water partition coefficient (Wildman–Crippen LogP) is 5.10. The number of aliphatic carboxylic acids is 1. The van der Waals surface area contributed by atoms with Crippen molar-refractivity contribution in [3.05, 3.63) is 83.7 Å². The van der Waals surface area contributed by atoms with Gasteiger partial charge in [-0.2, -0.15) is 0 Å². The summed E-state index contributed by atoms with van der Waals surface area (Å²) in [6.45, 7) is 13.7. The van der Waals surface area contributed by atoms with Crippen LogP contribution in [0.5, 0.6) is 0 Å². The molecule has 6 N–H and O–H groups in total. The molecule has 0 saturated heterocycles. The lowest BCUT2D eigenvalue weighted by atomic mass is 9.83. The Morgan fingerprint density at radius 1 is 0.841 bits per heavy atom. The molecule has 3 aromatic rings. The molecular formula is C48H71F2N6O11SSi. The van der Waals surface area contributed by atoms with Crippen LogP contribution in [0.2, 0.25) is 19.1 Å². The van der Waals surface area contributed by atoms with Crippen LogP contribution in [0.4, 0.5) is 13.6 Å². The number of aromatic nitrogens is 1. The number of hydrogen-bond donors (Lipinski definition) is 5. The van der Waals surface area contributed by atoms with Crippen molar-refractivity contribution >= 4 is 50.3 Å². The van der Waals surface area contributed by atoms with Gasteiger partial charge in [-0.3, -0.25) is 14.4 Å². The molecule has 4 amide bonds. The first-order chi connectivity index (χ1) is 33.0. The Hall–Kier alpha value is -4.90. The maximum atomic E-state index is 15.3. The lowest BCUT2D eigenvalue weighted by molar-refractivity contribution is -0.141. The first-order valence-electron chi connectivity index (χ1n) is 23.1. The van der Waals surface area contributed by atoms with E-state index < -0.39 is 55.9 Å². The van der Waals surface area contributed by atoms with Crippen LogP contribution in [0.15, 0.2) is 60.8 Å². The summed E-state index contributed by atoms with van der Waals surface area (Å²) in [6, 6.07) is 13.5. The maximum absolute atomic E-state index is 15.3. The Balaban J connectivity index is 1.64. The SMILES string of the molecule is C[Si](C)CCOC(=O)NCCCN(C(=O)CSC[C@H](NC(=O)CCOCCOCCOCCOCCNC(=O)CN)C(=O)O)[C@@H](c1cc(-c2cc(F)ccc2F)cn1Cc1ccccc1)C(C)(C)C. The van der Waals surface area contributed by atoms with Crippen LogP contribution in [0.3, 0.4) is 0 Å². The third-order valence-electron chi connectivity index (χ3n) is 10.3. The van der Waals surface area contributed by atoms with Gasteiger partial charge in [0.05, 0.1) is 77.8 Å². The van der Waals surface area contributed by atoms with E-state index in [9.17, 15) is 33.5 Å². The fourth-order valence-electron chi connectivity index (χ4n) is 6.90. The molecule has 3 rings (SSSR count). The summed E-state index contributed by atoms with van der Waals surface area (Å²) in [6.07, 6.45) is 1.44. The minimum atomic E-state index is -1.30. The van der Waals surface area contributed by atoms with Gasteiger partial charge in [0.1, 0.15) is 17.7 Å². The van der Waals surface area contributed by atoms with Crippen LogP contribution >= 0.6 is 11.8 Å². The highest BCUT2D eigenvalue weighted by Gasteiger charge is 2.37. The third-order valence-corrected chi connectivity index (χ3v) is 12.5. The first-order valence-corrected chi connectivity index (χ1v) is 26.9. The largest absolute Gasteiger partial charge is 0.480 e. The summed E-state index contributed by atoms with van der Waals surface area (Å²) in [5.41, 5.74) is 6.66. The number of nitrogens with one attached hydrogen (secondary N) is 3. The molecule has 0 bridgehead atoms. The number of benzene rings is 2. The molecule has 2 aromatic carbocycles. The second kappa shape index (κ2) is 32.1. The topological polar surface area (TPSA) is 222 Å². The molecule has 21 heteroatoms. The van der Waals surface area contributed by atoms with Gasteiger partial charge in [0, 0.05) is 70.2 Å². The number of nitrogens with zero attached hydrogens (tertiary/aromatic N) is 2. The van der Waals surface area contributed by atoms with Crippen LogP contribution in [0.1, 0.15) is 50.9 Å². The molecule has 0 fully saturated rings. The van der Waals surface area contributed by atoms with E-state index in [2.05, 4.69) is 29.0 Å². The molecule has 0 aliphatic heterocycles. The average molecular weight is 1010 g/mol. The third kappa shape index (κ3) is 23.0. The molecule has 0 aliphatic rings. The van der Waals surface area contributed by atoms with E-state index in [4.69, 9.17) is 29.4 Å². The smallest absolute Gasteiger partial charge is 0.407 e. The molecule has 1 heterocycles. The fourth-order valence-corrected chi connectivity index (χ4v) is 8.33. The van der Waals surface area contributed by atoms with Crippen molar-refractivity contribution in [2.75, 3.05) is 97.1 Å². The summed E-state index contributed by atoms with van der Waals surface area (Å²) in [7, 11) is -0.574. The van der Waals surface area contributed by atoms with Gasteiger partial charge in [-0.25, -0.2) is 18.4 Å². The Morgan fingerprint density at radius 2 is 1.49 bits per heavy atom. The van der Waals surface area contributed by atoms with Gasteiger partial charge in [-0.1, -0.05) is 64.2 Å². The fraction of sp³-hybridized carbons (Fsp3) is 0.562. The zero-order chi connectivity index (χ0) is 50.6. The van der Waals surface area contributed by atoms with Gasteiger partial charge in [-0.05, 0) is 47.7 Å². The number of ether oxygens (including phenoxy) is 5. The second-order valence-electron chi connectivity index (χ2n) is 17.3. The molecule has 1 radical (unpaired) electrons. The molecule has 0 unspecified atom stereocenters. The summed E-state index contributed by atoms with van der Waals surface area (Å²) in [4.78, 5) is 64.8. The van der Waals surface area contributed by atoms with Gasteiger partial charge >= 0.3 is 12.1 Å². The number of hydrogen-bond acceptors (Lipinski definition) is 12. The zero-order valence-electron chi connectivity index (χ0n) is 40.5. The summed E-state index contributed by atoms with van der Waals surface area (Å²) < 4.78 is 58.8. The molecule has 0 spiro atoms. The minimum Gasteiger partial charge on any atom is -0.480 e. The maximum Gasteiger partial charge on any atom is 0.407 e. The number of carboxylic acids is 1. The second-order valence-corrected chi connectivity index (χ2v) is 21.3. The molecule has 69 heavy (non-hydrogen) atoms. The number of amides is 4. The summed E-state index contributed by atoms with van der Waals surface area (Å²) in [5, 5.41) is 17.9. The lowest BCUT2D eigenvalue weighted by Crippen LogP contribution is -2.45. The highest BCUT2D eigenvalue weighted by atomic mass is 32.2. The van der Waals surface area contributed by atoms with Crippen molar-refractivity contribution in [2.45, 2.75) is 71.4 Å². The first kappa shape index (κ1) is 58.4. The van der Waals surface area contributed by atoms with Gasteiger partial charge in [0.2, 0.25) is 17.7 Å². The molecular weight excluding hydrogens is 935 g/mol. The number of carbonyl (C=O) groups is 5. The van der Waals surface area contributed by atoms with E-state index in [0.717, 1.165) is 41.6 Å². The molecule has 2 atom stereocenters. The van der Waals surface area contributed by atoms with Crippen LogP contribution in [-0.4, -0.2) is 156 Å². The van der Waals surface area contributed by atoms with Gasteiger partial charge in [-0.15, -0.1) is 11.8 Å². The Labute approximate surface area is 410 Å². The van der Waals surface area contributed by atoms with Gasteiger partial charge in [0.15, 0.2) is 0 Å². The molecule has 0 aliphatic carbocycles. The molecule has 0 saturated carbocycles. The number of thioether (sulfide) groups is 1. The monoisotopic (exact) mass is 1010 g/mol. The van der Waals surface area contributed by atoms with Crippen molar-refractivity contribution in [3.8, 4) is 11.1 Å². The van der Waals surface area contributed by atoms with Crippen LogP contribution in [0.25, 0.3) is 11.1 Å². The minimum absolute atomic E-state index is 0.0289. The number of rotatable bonds is 34. The highest BCUT2D eigenvalue weighted by Crippen LogP contribution is 2.41. The molecule has 1 aromatic heterocycles. The highest BCUT2D eigenvalue weighted by molar-refractivity contribution is 8.00. The Bertz CT molecular complexity index is 2030. The zero-order valence-corrected chi connectivity index (χ0v) is 42.3. The van der Waals surface area contributed by atoms with Crippen LogP contribution in [0, 0.1) is 17.0 Å². The van der Waals surface area contributed by atoms with E-state index in [-0.39, 0.29) is 74.8 Å². The standard InChI is InChI=1S/C48H71F2N6O11SSi/c1-48(2,3)45(41-28-36(38-29-37(49)12-13-39(38)50)32-55(41)31-35-10-7-6-8-11-35)56(17-9-15-53-47(62)67-26-27-69(4)5)44(59)34-68-33-40(46(60)61)54-42(57)14-18-63-20-22-65-24-25-66-23-21-64-19-16-52-43(58)30-51/h6-8,10-13,28-29,32,40,45H,9,14-27,30-31,33-34,51H2,1-5H3,(H,52,58)(H,53,62)(H,54,57)(H,60,61)/t40-,45-/m0/s1. The number of halogens is 2. The van der Waals surface area contributed by atoms with E-state index in [0.29, 0.717) is 70.4 Å². The van der Waals surface area contributed by atoms with Crippen LogP contribution < -0.4 is 21.7 Å². The normalized spacial score (nSPS) is 12.4. The van der Waals surface area contributed by atoms with E-state index in [1.54, 1.807) is 17.2 Å². The van der Waals surface area contributed by atoms with Gasteiger partial charge < -0.3 is 59.9 Å². The number of carbonyl (C=O) groups excluding carboxylic acids is 4. The Morgan fingerprint density at radius 3 is 2.12 bits per heavy atom. The van der Waals surface area contributed by atoms with Crippen molar-refractivity contribution in [2.24, 2.45) is 11.1 Å². The predicted molar refractivity (Wildman–Crippen MR) is 262 cm³/mol. The number of nitrogens with two attached hydrogens (primary N) is 1. The van der Waals surface area contributed by atoms with E-state index in [1.165, 1.54) is 0 Å².